The summed E-state index contributed by atoms with van der Waals surface area (Å²) in [5, 5.41) is 0.102. The monoisotopic (exact) mass is 468 g/mol. The lowest BCUT2D eigenvalue weighted by Gasteiger charge is -2.36. The number of nitrogens with zero attached hydrogens (tertiary/aromatic N) is 2. The van der Waals surface area contributed by atoms with Crippen molar-refractivity contribution in [3.05, 3.63) is 17.8 Å². The Balaban J connectivity index is 1.42. The second-order valence-corrected chi connectivity index (χ2v) is 11.1. The topological polar surface area (TPSA) is 95.0 Å². The van der Waals surface area contributed by atoms with E-state index >= 15 is 0 Å². The van der Waals surface area contributed by atoms with Crippen molar-refractivity contribution >= 4 is 15.9 Å². The summed E-state index contributed by atoms with van der Waals surface area (Å²) in [5.41, 5.74) is 0.598. The fourth-order valence-electron chi connectivity index (χ4n) is 4.16. The normalized spacial score (nSPS) is 22.7. The molecule has 0 spiro atoms. The van der Waals surface area contributed by atoms with Gasteiger partial charge in [-0.25, -0.2) is 18.2 Å². The Labute approximate surface area is 191 Å². The third-order valence-corrected chi connectivity index (χ3v) is 7.67. The third-order valence-electron chi connectivity index (χ3n) is 6.05. The van der Waals surface area contributed by atoms with E-state index in [1.165, 1.54) is 6.07 Å². The van der Waals surface area contributed by atoms with Crippen LogP contribution in [0.2, 0.25) is 0 Å². The summed E-state index contributed by atoms with van der Waals surface area (Å²) in [6.07, 6.45) is 5.43. The van der Waals surface area contributed by atoms with Gasteiger partial charge in [-0.15, -0.1) is 0 Å². The molecule has 32 heavy (non-hydrogen) atoms. The molecule has 9 heteroatoms. The number of aryl methyl sites for hydroxylation is 1. The molecule has 0 N–H and O–H groups in total. The second kappa shape index (κ2) is 10.8. The highest BCUT2D eigenvalue weighted by atomic mass is 32.2. The number of hydrogen-bond acceptors (Lipinski definition) is 7. The number of sulfone groups is 1. The van der Waals surface area contributed by atoms with Crippen LogP contribution in [0, 0.1) is 6.92 Å². The summed E-state index contributed by atoms with van der Waals surface area (Å²) in [7, 11) is -3.32. The van der Waals surface area contributed by atoms with E-state index in [1.807, 2.05) is 13.8 Å². The molecule has 2 aliphatic rings. The van der Waals surface area contributed by atoms with Crippen molar-refractivity contribution in [2.45, 2.75) is 95.7 Å². The Hall–Kier alpha value is -1.87. The Morgan fingerprint density at radius 1 is 1.06 bits per heavy atom. The van der Waals surface area contributed by atoms with E-state index in [1.54, 1.807) is 24.8 Å². The predicted octanol–water partition coefficient (Wildman–Crippen LogP) is 3.90. The lowest BCUT2D eigenvalue weighted by Crippen LogP contribution is -2.43. The van der Waals surface area contributed by atoms with E-state index in [0.29, 0.717) is 24.5 Å². The van der Waals surface area contributed by atoms with Crippen molar-refractivity contribution in [3.63, 3.8) is 0 Å². The van der Waals surface area contributed by atoms with Gasteiger partial charge in [0.1, 0.15) is 5.75 Å². The van der Waals surface area contributed by atoms with Gasteiger partial charge in [0.25, 0.3) is 0 Å². The Morgan fingerprint density at radius 2 is 1.66 bits per heavy atom. The minimum atomic E-state index is -3.32. The van der Waals surface area contributed by atoms with Gasteiger partial charge in [0.05, 0.1) is 35.9 Å². The van der Waals surface area contributed by atoms with Crippen LogP contribution < -0.4 is 4.74 Å². The number of carbonyl (C=O) groups excluding carboxylic acids is 1. The molecule has 0 radical (unpaired) electrons. The number of ether oxygens (including phenoxy) is 3. The van der Waals surface area contributed by atoms with E-state index < -0.39 is 9.84 Å². The zero-order valence-electron chi connectivity index (χ0n) is 19.6. The molecular formula is C23H36N2O6S. The third kappa shape index (κ3) is 6.57. The van der Waals surface area contributed by atoms with Gasteiger partial charge in [0.2, 0.25) is 0 Å². The number of carbonyl (C=O) groups is 1. The Bertz CT molecular complexity index is 872. The van der Waals surface area contributed by atoms with Crippen molar-refractivity contribution in [3.8, 4) is 5.75 Å². The standard InChI is InChI=1S/C23H36N2O6S/c1-5-32(27,28)22-11-10-21(17(4)24-22)31-19-8-6-18(7-9-19)30-20-12-14-25(15-13-20)23(26)29-16(2)3/h10-11,16,18-20H,5-9,12-15H2,1-4H3. The van der Waals surface area contributed by atoms with Crippen LogP contribution in [0.5, 0.6) is 5.75 Å². The number of likely N-dealkylation sites (tertiary alicyclic amines) is 1. The van der Waals surface area contributed by atoms with Gasteiger partial charge in [0.15, 0.2) is 14.9 Å². The molecule has 0 aromatic carbocycles. The Morgan fingerprint density at radius 3 is 2.22 bits per heavy atom. The summed E-state index contributed by atoms with van der Waals surface area (Å²) >= 11 is 0. The van der Waals surface area contributed by atoms with Crippen LogP contribution in [0.4, 0.5) is 4.79 Å². The van der Waals surface area contributed by atoms with Crippen LogP contribution in [0.3, 0.4) is 0 Å². The molecule has 1 saturated carbocycles. The minimum Gasteiger partial charge on any atom is -0.489 e. The molecule has 0 unspecified atom stereocenters. The lowest BCUT2D eigenvalue weighted by atomic mass is 9.94. The summed E-state index contributed by atoms with van der Waals surface area (Å²) < 4.78 is 41.7. The maximum atomic E-state index is 12.0. The maximum absolute atomic E-state index is 12.0. The number of pyridine rings is 1. The molecule has 8 nitrogen and oxygen atoms in total. The lowest BCUT2D eigenvalue weighted by molar-refractivity contribution is -0.0657. The first kappa shape index (κ1) is 24.8. The van der Waals surface area contributed by atoms with Crippen molar-refractivity contribution in [1.29, 1.82) is 0 Å². The predicted molar refractivity (Wildman–Crippen MR) is 121 cm³/mol. The van der Waals surface area contributed by atoms with Gasteiger partial charge in [-0.05, 0) is 71.4 Å². The molecule has 1 aromatic heterocycles. The zero-order valence-corrected chi connectivity index (χ0v) is 20.4. The summed E-state index contributed by atoms with van der Waals surface area (Å²) in [6, 6.07) is 3.24. The Kier molecular flexibility index (Phi) is 8.38. The zero-order chi connectivity index (χ0) is 23.3. The quantitative estimate of drug-likeness (QED) is 0.599. The molecule has 1 saturated heterocycles. The highest BCUT2D eigenvalue weighted by Crippen LogP contribution is 2.29. The first-order valence-electron chi connectivity index (χ1n) is 11.7. The number of rotatable bonds is 7. The number of hydrogen-bond donors (Lipinski definition) is 0. The highest BCUT2D eigenvalue weighted by molar-refractivity contribution is 7.91. The van der Waals surface area contributed by atoms with Crippen molar-refractivity contribution in [2.24, 2.45) is 0 Å². The SMILES string of the molecule is CCS(=O)(=O)c1ccc(OC2CCC(OC3CCN(C(=O)OC(C)C)CC3)CC2)c(C)n1. The molecule has 180 valence electrons. The second-order valence-electron chi connectivity index (χ2n) is 8.91. The molecule has 0 atom stereocenters. The molecule has 3 rings (SSSR count). The largest absolute Gasteiger partial charge is 0.489 e. The maximum Gasteiger partial charge on any atom is 0.410 e. The molecule has 0 bridgehead atoms. The molecule has 2 heterocycles. The summed E-state index contributed by atoms with van der Waals surface area (Å²) in [4.78, 5) is 18.0. The number of piperidine rings is 1. The van der Waals surface area contributed by atoms with E-state index in [2.05, 4.69) is 4.98 Å². The van der Waals surface area contributed by atoms with Crippen molar-refractivity contribution in [1.82, 2.24) is 9.88 Å². The van der Waals surface area contributed by atoms with Gasteiger partial charge < -0.3 is 19.1 Å². The van der Waals surface area contributed by atoms with Crippen molar-refractivity contribution < 1.29 is 27.4 Å². The van der Waals surface area contributed by atoms with Crippen LogP contribution >= 0.6 is 0 Å². The van der Waals surface area contributed by atoms with E-state index in [9.17, 15) is 13.2 Å². The van der Waals surface area contributed by atoms with Gasteiger partial charge >= 0.3 is 6.09 Å². The average Bonchev–Trinajstić information content (AvgIpc) is 2.76. The van der Waals surface area contributed by atoms with Gasteiger partial charge in [0, 0.05) is 13.1 Å². The van der Waals surface area contributed by atoms with E-state index in [-0.39, 0.29) is 41.3 Å². The average molecular weight is 469 g/mol. The summed E-state index contributed by atoms with van der Waals surface area (Å²) in [6.45, 7) is 8.45. The van der Waals surface area contributed by atoms with E-state index in [0.717, 1.165) is 38.5 Å². The van der Waals surface area contributed by atoms with Crippen LogP contribution in [0.25, 0.3) is 0 Å². The van der Waals surface area contributed by atoms with Crippen LogP contribution in [-0.4, -0.2) is 67.7 Å². The van der Waals surface area contributed by atoms with Crippen LogP contribution in [0.1, 0.15) is 65.0 Å². The number of aromatic nitrogens is 1. The number of amides is 1. The highest BCUT2D eigenvalue weighted by Gasteiger charge is 2.29. The van der Waals surface area contributed by atoms with Gasteiger partial charge in [-0.2, -0.15) is 0 Å². The fourth-order valence-corrected chi connectivity index (χ4v) is 5.01. The summed E-state index contributed by atoms with van der Waals surface area (Å²) in [5.74, 6) is 0.676. The molecule has 1 aliphatic heterocycles. The fraction of sp³-hybridized carbons (Fsp3) is 0.739. The molecule has 1 aromatic rings. The molecule has 2 fully saturated rings. The molecule has 1 aliphatic carbocycles. The first-order chi connectivity index (χ1) is 15.2. The first-order valence-corrected chi connectivity index (χ1v) is 13.3. The van der Waals surface area contributed by atoms with Crippen LogP contribution in [0.15, 0.2) is 17.2 Å². The molecular weight excluding hydrogens is 432 g/mol. The smallest absolute Gasteiger partial charge is 0.410 e. The molecule has 1 amide bonds. The van der Waals surface area contributed by atoms with Crippen molar-refractivity contribution in [2.75, 3.05) is 18.8 Å². The van der Waals surface area contributed by atoms with Gasteiger partial charge in [-0.1, -0.05) is 6.92 Å². The van der Waals surface area contributed by atoms with Crippen LogP contribution in [-0.2, 0) is 19.3 Å². The van der Waals surface area contributed by atoms with E-state index in [4.69, 9.17) is 14.2 Å². The van der Waals surface area contributed by atoms with Gasteiger partial charge in [-0.3, -0.25) is 0 Å². The minimum absolute atomic E-state index is 0.0325.